The van der Waals surface area contributed by atoms with E-state index in [9.17, 15) is 0 Å². The highest BCUT2D eigenvalue weighted by molar-refractivity contribution is 7.17. The fourth-order valence-electron chi connectivity index (χ4n) is 1.63. The van der Waals surface area contributed by atoms with Gasteiger partial charge in [-0.25, -0.2) is 10.4 Å². The van der Waals surface area contributed by atoms with Crippen molar-refractivity contribution < 1.29 is 0 Å². The fourth-order valence-corrected chi connectivity index (χ4v) is 2.65. The molecule has 0 aliphatic carbocycles. The first-order valence-electron chi connectivity index (χ1n) is 5.75. The molecular weight excluding hydrogens is 258 g/mol. The second kappa shape index (κ2) is 5.62. The quantitative estimate of drug-likeness (QED) is 0.455. The Hall–Kier alpha value is -2.21. The number of hydrogen-bond donors (Lipinski definition) is 3. The molecule has 4 N–H and O–H groups in total. The van der Waals surface area contributed by atoms with Crippen molar-refractivity contribution in [1.29, 1.82) is 5.41 Å². The maximum absolute atomic E-state index is 7.09. The molecule has 19 heavy (non-hydrogen) atoms. The number of nitrogens with zero attached hydrogens (tertiary/aromatic N) is 2. The molecule has 1 aromatic heterocycles. The van der Waals surface area contributed by atoms with E-state index in [-0.39, 0.29) is 5.96 Å². The Balaban J connectivity index is 2.32. The van der Waals surface area contributed by atoms with Gasteiger partial charge in [-0.1, -0.05) is 30.3 Å². The number of thiazole rings is 1. The summed E-state index contributed by atoms with van der Waals surface area (Å²) in [5.74, 6) is -0.176. The molecule has 0 amide bonds. The molecule has 5 nitrogen and oxygen atoms in total. The molecule has 98 valence electrons. The van der Waals surface area contributed by atoms with Crippen molar-refractivity contribution in [3.63, 3.8) is 0 Å². The second-order valence-electron chi connectivity index (χ2n) is 4.02. The molecule has 2 aromatic rings. The Morgan fingerprint density at radius 1 is 1.37 bits per heavy atom. The highest BCUT2D eigenvalue weighted by Gasteiger charge is 2.11. The number of rotatable bonds is 3. The molecule has 0 unspecified atom stereocenters. The van der Waals surface area contributed by atoms with Gasteiger partial charge in [-0.2, -0.15) is 5.10 Å². The Morgan fingerprint density at radius 2 is 2.05 bits per heavy atom. The van der Waals surface area contributed by atoms with Crippen LogP contribution in [0, 0.1) is 12.3 Å². The number of aryl methyl sites for hydroxylation is 1. The number of hydrazone groups is 1. The fraction of sp³-hybridized carbons (Fsp3) is 0.154. The topological polar surface area (TPSA) is 87.2 Å². The minimum Gasteiger partial charge on any atom is -0.369 e. The van der Waals surface area contributed by atoms with Crippen molar-refractivity contribution in [2.45, 2.75) is 13.8 Å². The van der Waals surface area contributed by atoms with E-state index in [2.05, 4.69) is 15.5 Å². The van der Waals surface area contributed by atoms with E-state index >= 15 is 0 Å². The normalized spacial score (nSPS) is 11.4. The summed E-state index contributed by atoms with van der Waals surface area (Å²) in [5.41, 5.74) is 10.4. The van der Waals surface area contributed by atoms with Gasteiger partial charge in [0, 0.05) is 5.56 Å². The molecule has 0 spiro atoms. The highest BCUT2D eigenvalue weighted by Crippen LogP contribution is 2.28. The van der Waals surface area contributed by atoms with Crippen molar-refractivity contribution in [2.75, 3.05) is 0 Å². The van der Waals surface area contributed by atoms with Crippen molar-refractivity contribution in [3.8, 4) is 10.6 Å². The smallest absolute Gasteiger partial charge is 0.206 e. The molecule has 0 aliphatic heterocycles. The monoisotopic (exact) mass is 273 g/mol. The number of guanidine groups is 1. The maximum atomic E-state index is 7.09. The van der Waals surface area contributed by atoms with Gasteiger partial charge in [-0.15, -0.1) is 11.3 Å². The molecule has 0 radical (unpaired) electrons. The van der Waals surface area contributed by atoms with Crippen LogP contribution >= 0.6 is 11.3 Å². The van der Waals surface area contributed by atoms with Gasteiger partial charge in [0.15, 0.2) is 0 Å². The van der Waals surface area contributed by atoms with E-state index in [1.807, 2.05) is 44.2 Å². The van der Waals surface area contributed by atoms with Gasteiger partial charge in [0.1, 0.15) is 5.01 Å². The lowest BCUT2D eigenvalue weighted by Gasteiger charge is -1.99. The van der Waals surface area contributed by atoms with Crippen LogP contribution in [0.3, 0.4) is 0 Å². The Kier molecular flexibility index (Phi) is 3.91. The molecule has 0 fully saturated rings. The first-order chi connectivity index (χ1) is 9.08. The van der Waals surface area contributed by atoms with Crippen molar-refractivity contribution in [3.05, 3.63) is 40.9 Å². The summed E-state index contributed by atoms with van der Waals surface area (Å²) in [6, 6.07) is 10.0. The Morgan fingerprint density at radius 3 is 2.68 bits per heavy atom. The average Bonchev–Trinajstić information content (AvgIpc) is 2.79. The number of aromatic nitrogens is 1. The predicted octanol–water partition coefficient (Wildman–Crippen LogP) is 2.33. The molecule has 6 heteroatoms. The molecular formula is C13H15N5S. The zero-order chi connectivity index (χ0) is 13.8. The third-order valence-corrected chi connectivity index (χ3v) is 3.81. The summed E-state index contributed by atoms with van der Waals surface area (Å²) in [4.78, 5) is 5.55. The zero-order valence-electron chi connectivity index (χ0n) is 10.8. The number of benzene rings is 1. The van der Waals surface area contributed by atoms with Crippen LogP contribution in [-0.4, -0.2) is 16.7 Å². The van der Waals surface area contributed by atoms with Gasteiger partial charge in [0.05, 0.1) is 16.3 Å². The van der Waals surface area contributed by atoms with Gasteiger partial charge in [0.2, 0.25) is 5.96 Å². The highest BCUT2D eigenvalue weighted by atomic mass is 32.1. The summed E-state index contributed by atoms with van der Waals surface area (Å²) >= 11 is 1.58. The third-order valence-electron chi connectivity index (χ3n) is 2.49. The number of nitrogens with two attached hydrogens (primary N) is 1. The molecule has 0 atom stereocenters. The van der Waals surface area contributed by atoms with Crippen LogP contribution in [0.4, 0.5) is 0 Å². The Bertz CT molecular complexity index is 615. The van der Waals surface area contributed by atoms with Gasteiger partial charge >= 0.3 is 0 Å². The summed E-state index contributed by atoms with van der Waals surface area (Å²) in [6.07, 6.45) is 0. The van der Waals surface area contributed by atoms with Crippen molar-refractivity contribution >= 4 is 23.0 Å². The summed E-state index contributed by atoms with van der Waals surface area (Å²) in [7, 11) is 0. The summed E-state index contributed by atoms with van der Waals surface area (Å²) in [5, 5.41) is 12.1. The molecule has 0 saturated carbocycles. The van der Waals surface area contributed by atoms with E-state index in [0.29, 0.717) is 0 Å². The second-order valence-corrected chi connectivity index (χ2v) is 5.02. The predicted molar refractivity (Wildman–Crippen MR) is 79.5 cm³/mol. The third kappa shape index (κ3) is 3.17. The van der Waals surface area contributed by atoms with Crippen molar-refractivity contribution in [1.82, 2.24) is 10.4 Å². The van der Waals surface area contributed by atoms with Crippen LogP contribution < -0.4 is 11.2 Å². The van der Waals surface area contributed by atoms with E-state index in [1.165, 1.54) is 0 Å². The minimum atomic E-state index is -0.176. The van der Waals surface area contributed by atoms with E-state index in [1.54, 1.807) is 11.3 Å². The lowest BCUT2D eigenvalue weighted by molar-refractivity contribution is 0.992. The Labute approximate surface area is 115 Å². The lowest BCUT2D eigenvalue weighted by Crippen LogP contribution is -2.26. The van der Waals surface area contributed by atoms with Gasteiger partial charge in [-0.05, 0) is 13.8 Å². The molecule has 1 heterocycles. The van der Waals surface area contributed by atoms with Gasteiger partial charge in [-0.3, -0.25) is 5.41 Å². The first-order valence-corrected chi connectivity index (χ1v) is 6.57. The SMILES string of the molecule is C/C(=N\NC(=N)N)c1sc(-c2ccccc2)nc1C. The van der Waals surface area contributed by atoms with Crippen molar-refractivity contribution in [2.24, 2.45) is 10.8 Å². The molecule has 0 bridgehead atoms. The van der Waals surface area contributed by atoms with Crippen LogP contribution in [0.15, 0.2) is 35.4 Å². The minimum absolute atomic E-state index is 0.176. The van der Waals surface area contributed by atoms with Crippen LogP contribution in [0.1, 0.15) is 17.5 Å². The largest absolute Gasteiger partial charge is 0.369 e. The lowest BCUT2D eigenvalue weighted by atomic mass is 10.2. The summed E-state index contributed by atoms with van der Waals surface area (Å²) < 4.78 is 0. The average molecular weight is 273 g/mol. The van der Waals surface area contributed by atoms with E-state index in [4.69, 9.17) is 11.1 Å². The summed E-state index contributed by atoms with van der Waals surface area (Å²) in [6.45, 7) is 3.82. The molecule has 0 saturated heterocycles. The standard InChI is InChI=1S/C13H15N5S/c1-8-11(9(2)17-18-13(14)15)19-12(16-8)10-6-4-3-5-7-10/h3-7H,1-2H3,(H4,14,15,18)/b17-9+. The van der Waals surface area contributed by atoms with Gasteiger partial charge in [0.25, 0.3) is 0 Å². The first kappa shape index (κ1) is 13.2. The van der Waals surface area contributed by atoms with Crippen LogP contribution in [0.5, 0.6) is 0 Å². The van der Waals surface area contributed by atoms with Crippen LogP contribution in [0.25, 0.3) is 10.6 Å². The number of hydrogen-bond acceptors (Lipinski definition) is 4. The van der Waals surface area contributed by atoms with Gasteiger partial charge < -0.3 is 5.73 Å². The van der Waals surface area contributed by atoms with E-state index < -0.39 is 0 Å². The number of nitrogens with one attached hydrogen (secondary N) is 2. The van der Waals surface area contributed by atoms with Crippen LogP contribution in [0.2, 0.25) is 0 Å². The molecule has 2 rings (SSSR count). The molecule has 0 aliphatic rings. The zero-order valence-corrected chi connectivity index (χ0v) is 11.6. The van der Waals surface area contributed by atoms with E-state index in [0.717, 1.165) is 26.9 Å². The van der Waals surface area contributed by atoms with Crippen LogP contribution in [-0.2, 0) is 0 Å². The molecule has 1 aromatic carbocycles. The maximum Gasteiger partial charge on any atom is 0.206 e.